The van der Waals surface area contributed by atoms with Crippen LogP contribution in [0.2, 0.25) is 0 Å². The minimum absolute atomic E-state index is 0.574. The average Bonchev–Trinajstić information content (AvgIpc) is 2.93. The van der Waals surface area contributed by atoms with Gasteiger partial charge in [-0.1, -0.05) is 72.3 Å². The first-order valence-electron chi connectivity index (χ1n) is 9.21. The van der Waals surface area contributed by atoms with Crippen molar-refractivity contribution in [2.75, 3.05) is 0 Å². The van der Waals surface area contributed by atoms with Crippen molar-refractivity contribution >= 4 is 5.57 Å². The highest BCUT2D eigenvalue weighted by Gasteiger charge is 2.31. The molecule has 2 aliphatic carbocycles. The van der Waals surface area contributed by atoms with Gasteiger partial charge in [0.15, 0.2) is 0 Å². The van der Waals surface area contributed by atoms with Gasteiger partial charge in [0, 0.05) is 0 Å². The van der Waals surface area contributed by atoms with E-state index in [4.69, 9.17) is 0 Å². The summed E-state index contributed by atoms with van der Waals surface area (Å²) in [6, 6.07) is 22.5. The molecule has 0 N–H and O–H groups in total. The SMILES string of the molecule is Cc1ccc2c(c1)C1=CC(Cc3ccccc3)Cc3c(C)ccc-2c31. The Morgan fingerprint density at radius 3 is 2.48 bits per heavy atom. The quantitative estimate of drug-likeness (QED) is 0.416. The highest BCUT2D eigenvalue weighted by molar-refractivity contribution is 6.03. The second kappa shape index (κ2) is 5.46. The summed E-state index contributed by atoms with van der Waals surface area (Å²) in [5.74, 6) is 0.574. The Morgan fingerprint density at radius 1 is 0.840 bits per heavy atom. The first-order chi connectivity index (χ1) is 12.2. The zero-order chi connectivity index (χ0) is 17.0. The fourth-order valence-electron chi connectivity index (χ4n) is 4.58. The van der Waals surface area contributed by atoms with Crippen LogP contribution >= 0.6 is 0 Å². The van der Waals surface area contributed by atoms with Crippen LogP contribution in [0.25, 0.3) is 16.7 Å². The number of rotatable bonds is 2. The van der Waals surface area contributed by atoms with Crippen LogP contribution in [0.1, 0.15) is 33.4 Å². The van der Waals surface area contributed by atoms with Gasteiger partial charge in [-0.15, -0.1) is 0 Å². The van der Waals surface area contributed by atoms with Crippen molar-refractivity contribution in [2.45, 2.75) is 26.7 Å². The average molecular weight is 322 g/mol. The van der Waals surface area contributed by atoms with E-state index in [9.17, 15) is 0 Å². The van der Waals surface area contributed by atoms with Gasteiger partial charge in [0.2, 0.25) is 0 Å². The summed E-state index contributed by atoms with van der Waals surface area (Å²) in [5.41, 5.74) is 13.0. The molecule has 0 nitrogen and oxygen atoms in total. The molecule has 3 aromatic rings. The number of aryl methyl sites for hydroxylation is 2. The molecule has 0 fully saturated rings. The van der Waals surface area contributed by atoms with Crippen LogP contribution in [-0.4, -0.2) is 0 Å². The number of benzene rings is 3. The van der Waals surface area contributed by atoms with Gasteiger partial charge >= 0.3 is 0 Å². The Hall–Kier alpha value is -2.60. The lowest BCUT2D eigenvalue weighted by Crippen LogP contribution is -2.13. The van der Waals surface area contributed by atoms with E-state index in [-0.39, 0.29) is 0 Å². The highest BCUT2D eigenvalue weighted by atomic mass is 14.3. The summed E-state index contributed by atoms with van der Waals surface area (Å²) >= 11 is 0. The molecule has 3 aromatic carbocycles. The van der Waals surface area contributed by atoms with E-state index in [0.29, 0.717) is 5.92 Å². The van der Waals surface area contributed by atoms with Crippen LogP contribution in [-0.2, 0) is 12.8 Å². The molecule has 25 heavy (non-hydrogen) atoms. The molecular weight excluding hydrogens is 300 g/mol. The predicted molar refractivity (Wildman–Crippen MR) is 106 cm³/mol. The molecule has 5 rings (SSSR count). The Kier molecular flexibility index (Phi) is 3.21. The van der Waals surface area contributed by atoms with Gasteiger partial charge in [-0.05, 0) is 77.1 Å². The van der Waals surface area contributed by atoms with Crippen molar-refractivity contribution in [3.8, 4) is 11.1 Å². The van der Waals surface area contributed by atoms with Crippen molar-refractivity contribution in [1.82, 2.24) is 0 Å². The van der Waals surface area contributed by atoms with Gasteiger partial charge in [0.05, 0.1) is 0 Å². The lowest BCUT2D eigenvalue weighted by molar-refractivity contribution is 0.635. The highest BCUT2D eigenvalue weighted by Crippen LogP contribution is 2.50. The van der Waals surface area contributed by atoms with Gasteiger partial charge in [-0.25, -0.2) is 0 Å². The van der Waals surface area contributed by atoms with E-state index >= 15 is 0 Å². The topological polar surface area (TPSA) is 0 Å². The molecule has 0 aliphatic heterocycles. The Balaban J connectivity index is 1.67. The van der Waals surface area contributed by atoms with Crippen LogP contribution in [0, 0.1) is 19.8 Å². The van der Waals surface area contributed by atoms with E-state index in [1.807, 2.05) is 0 Å². The molecule has 122 valence electrons. The maximum absolute atomic E-state index is 2.55. The molecule has 0 saturated carbocycles. The standard InChI is InChI=1S/C25H22/c1-16-8-10-20-21-11-9-17(2)22-14-19(13-18-6-4-3-5-7-18)15-24(25(21)22)23(20)12-16/h3-12,15,19H,13-14H2,1-2H3. The van der Waals surface area contributed by atoms with Gasteiger partial charge in [0.1, 0.15) is 0 Å². The maximum atomic E-state index is 2.55. The lowest BCUT2D eigenvalue weighted by Gasteiger charge is -2.24. The molecule has 0 heteroatoms. The molecule has 0 heterocycles. The molecule has 0 bridgehead atoms. The summed E-state index contributed by atoms with van der Waals surface area (Å²) in [5, 5.41) is 0. The minimum Gasteiger partial charge on any atom is -0.0722 e. The van der Waals surface area contributed by atoms with Crippen LogP contribution in [0.3, 0.4) is 0 Å². The van der Waals surface area contributed by atoms with E-state index in [1.165, 1.54) is 44.5 Å². The molecule has 0 spiro atoms. The molecule has 1 atom stereocenters. The van der Waals surface area contributed by atoms with E-state index in [2.05, 4.69) is 80.6 Å². The first kappa shape index (κ1) is 14.7. The molecule has 0 aromatic heterocycles. The largest absolute Gasteiger partial charge is 0.0722 e. The Labute approximate surface area is 149 Å². The number of fused-ring (bicyclic) bond motifs is 3. The fraction of sp³-hybridized carbons (Fsp3) is 0.200. The lowest BCUT2D eigenvalue weighted by atomic mass is 9.80. The second-order valence-corrected chi connectivity index (χ2v) is 7.57. The summed E-state index contributed by atoms with van der Waals surface area (Å²) < 4.78 is 0. The van der Waals surface area contributed by atoms with Crippen LogP contribution in [0.15, 0.2) is 66.7 Å². The van der Waals surface area contributed by atoms with Crippen molar-refractivity contribution in [2.24, 2.45) is 5.92 Å². The third-order valence-electron chi connectivity index (χ3n) is 5.78. The summed E-state index contributed by atoms with van der Waals surface area (Å²) in [7, 11) is 0. The summed E-state index contributed by atoms with van der Waals surface area (Å²) in [6.45, 7) is 4.46. The van der Waals surface area contributed by atoms with Gasteiger partial charge in [-0.3, -0.25) is 0 Å². The van der Waals surface area contributed by atoms with Crippen molar-refractivity contribution < 1.29 is 0 Å². The number of hydrogen-bond acceptors (Lipinski definition) is 0. The van der Waals surface area contributed by atoms with Crippen molar-refractivity contribution in [3.05, 3.63) is 100 Å². The van der Waals surface area contributed by atoms with Gasteiger partial charge in [-0.2, -0.15) is 0 Å². The van der Waals surface area contributed by atoms with E-state index in [0.717, 1.165) is 12.8 Å². The zero-order valence-corrected chi connectivity index (χ0v) is 14.8. The predicted octanol–water partition coefficient (Wildman–Crippen LogP) is 6.13. The number of allylic oxidation sites excluding steroid dienone is 1. The van der Waals surface area contributed by atoms with Gasteiger partial charge in [0.25, 0.3) is 0 Å². The molecule has 0 saturated heterocycles. The molecule has 2 aliphatic rings. The Morgan fingerprint density at radius 2 is 1.64 bits per heavy atom. The van der Waals surface area contributed by atoms with Crippen molar-refractivity contribution in [3.63, 3.8) is 0 Å². The first-order valence-corrected chi connectivity index (χ1v) is 9.21. The fourth-order valence-corrected chi connectivity index (χ4v) is 4.58. The molecule has 1 unspecified atom stereocenters. The van der Waals surface area contributed by atoms with E-state index in [1.54, 1.807) is 5.56 Å². The normalized spacial score (nSPS) is 17.0. The maximum Gasteiger partial charge on any atom is -0.00671 e. The van der Waals surface area contributed by atoms with Crippen LogP contribution < -0.4 is 0 Å². The molecule has 0 amide bonds. The van der Waals surface area contributed by atoms with E-state index < -0.39 is 0 Å². The minimum atomic E-state index is 0.574. The summed E-state index contributed by atoms with van der Waals surface area (Å²) in [4.78, 5) is 0. The van der Waals surface area contributed by atoms with Gasteiger partial charge < -0.3 is 0 Å². The number of hydrogen-bond donors (Lipinski definition) is 0. The van der Waals surface area contributed by atoms with Crippen LogP contribution in [0.5, 0.6) is 0 Å². The smallest absolute Gasteiger partial charge is 0.00671 e. The Bertz CT molecular complexity index is 1010. The third kappa shape index (κ3) is 2.28. The molecular formula is C25H22. The monoisotopic (exact) mass is 322 g/mol. The second-order valence-electron chi connectivity index (χ2n) is 7.57. The summed E-state index contributed by atoms with van der Waals surface area (Å²) in [6.07, 6.45) is 4.82. The zero-order valence-electron chi connectivity index (χ0n) is 14.8. The third-order valence-corrected chi connectivity index (χ3v) is 5.78. The van der Waals surface area contributed by atoms with Crippen molar-refractivity contribution in [1.29, 1.82) is 0 Å². The molecule has 0 radical (unpaired) electrons. The van der Waals surface area contributed by atoms with Crippen LogP contribution in [0.4, 0.5) is 0 Å².